The summed E-state index contributed by atoms with van der Waals surface area (Å²) in [6, 6.07) is 14.1. The molecule has 0 bridgehead atoms. The van der Waals surface area contributed by atoms with Gasteiger partial charge in [-0.05, 0) is 36.3 Å². The van der Waals surface area contributed by atoms with Gasteiger partial charge in [0.2, 0.25) is 0 Å². The van der Waals surface area contributed by atoms with Gasteiger partial charge < -0.3 is 10.2 Å². The molecule has 1 aliphatic heterocycles. The second-order valence-corrected chi connectivity index (χ2v) is 5.34. The van der Waals surface area contributed by atoms with Crippen LogP contribution in [0.25, 0.3) is 6.08 Å². The van der Waals surface area contributed by atoms with Crippen LogP contribution in [-0.4, -0.2) is 26.8 Å². The predicted octanol–water partition coefficient (Wildman–Crippen LogP) is 2.90. The van der Waals surface area contributed by atoms with Crippen LogP contribution in [0.4, 0.5) is 0 Å². The lowest BCUT2D eigenvalue weighted by Crippen LogP contribution is -2.21. The van der Waals surface area contributed by atoms with E-state index < -0.39 is 0 Å². The second kappa shape index (κ2) is 5.96. The van der Waals surface area contributed by atoms with E-state index in [0.717, 1.165) is 5.56 Å². The third-order valence-electron chi connectivity index (χ3n) is 3.61. The molecule has 0 unspecified atom stereocenters. The molecule has 0 fully saturated rings. The lowest BCUT2D eigenvalue weighted by Gasteiger charge is -2.11. The fourth-order valence-electron chi connectivity index (χ4n) is 2.40. The van der Waals surface area contributed by atoms with Gasteiger partial charge in [-0.1, -0.05) is 36.4 Å². The van der Waals surface area contributed by atoms with Crippen LogP contribution in [-0.2, 0) is 11.3 Å². The van der Waals surface area contributed by atoms with Crippen molar-refractivity contribution in [2.45, 2.75) is 13.5 Å². The average Bonchev–Trinajstić information content (AvgIpc) is 2.79. The Morgan fingerprint density at radius 1 is 1.09 bits per heavy atom. The number of amides is 1. The van der Waals surface area contributed by atoms with Crippen molar-refractivity contribution in [3.05, 3.63) is 65.2 Å². The van der Waals surface area contributed by atoms with E-state index in [0.29, 0.717) is 23.4 Å². The van der Waals surface area contributed by atoms with Crippen LogP contribution < -0.4 is 0 Å². The number of hydrazone groups is 1. The molecule has 0 atom stereocenters. The van der Waals surface area contributed by atoms with Gasteiger partial charge in [0.05, 0.1) is 17.8 Å². The van der Waals surface area contributed by atoms with Crippen LogP contribution in [0.3, 0.4) is 0 Å². The minimum atomic E-state index is -0.222. The van der Waals surface area contributed by atoms with Gasteiger partial charge in [0, 0.05) is 0 Å². The Labute approximate surface area is 133 Å². The van der Waals surface area contributed by atoms with E-state index in [1.54, 1.807) is 19.1 Å². The lowest BCUT2D eigenvalue weighted by molar-refractivity contribution is -0.126. The van der Waals surface area contributed by atoms with Crippen molar-refractivity contribution >= 4 is 17.7 Å². The van der Waals surface area contributed by atoms with Crippen molar-refractivity contribution in [3.63, 3.8) is 0 Å². The first-order valence-corrected chi connectivity index (χ1v) is 7.19. The minimum absolute atomic E-state index is 0.182. The molecule has 0 aliphatic carbocycles. The van der Waals surface area contributed by atoms with Crippen LogP contribution in [0.1, 0.15) is 18.1 Å². The zero-order valence-electron chi connectivity index (χ0n) is 12.6. The SMILES string of the molecule is CC1=NN(Cc2ccccc2)C(=O)/C1=C/c1ccc(O)c(O)c1. The van der Waals surface area contributed by atoms with E-state index in [1.165, 1.54) is 17.1 Å². The minimum Gasteiger partial charge on any atom is -0.504 e. The average molecular weight is 308 g/mol. The van der Waals surface area contributed by atoms with Gasteiger partial charge in [0.25, 0.3) is 5.91 Å². The van der Waals surface area contributed by atoms with Gasteiger partial charge in [0.15, 0.2) is 11.5 Å². The van der Waals surface area contributed by atoms with Crippen LogP contribution in [0, 0.1) is 0 Å². The van der Waals surface area contributed by atoms with E-state index in [9.17, 15) is 15.0 Å². The highest BCUT2D eigenvalue weighted by atomic mass is 16.3. The molecule has 2 N–H and O–H groups in total. The molecule has 116 valence electrons. The van der Waals surface area contributed by atoms with Gasteiger partial charge in [0.1, 0.15) is 0 Å². The number of nitrogens with zero attached hydrogens (tertiary/aromatic N) is 2. The molecule has 23 heavy (non-hydrogen) atoms. The van der Waals surface area contributed by atoms with Crippen LogP contribution >= 0.6 is 0 Å². The number of phenolic OH excluding ortho intramolecular Hbond substituents is 2. The number of carbonyl (C=O) groups is 1. The Hall–Kier alpha value is -3.08. The molecule has 1 amide bonds. The highest BCUT2D eigenvalue weighted by molar-refractivity contribution is 6.26. The zero-order chi connectivity index (χ0) is 16.4. The monoisotopic (exact) mass is 308 g/mol. The molecule has 3 rings (SSSR count). The molecule has 2 aromatic carbocycles. The normalized spacial score (nSPS) is 16.0. The maximum atomic E-state index is 12.5. The first-order valence-electron chi connectivity index (χ1n) is 7.19. The van der Waals surface area contributed by atoms with E-state index in [2.05, 4.69) is 5.10 Å². The van der Waals surface area contributed by atoms with E-state index >= 15 is 0 Å². The molecule has 5 nitrogen and oxygen atoms in total. The summed E-state index contributed by atoms with van der Waals surface area (Å²) in [5, 5.41) is 24.6. The fraction of sp³-hybridized carbons (Fsp3) is 0.111. The topological polar surface area (TPSA) is 73.1 Å². The van der Waals surface area contributed by atoms with Crippen LogP contribution in [0.2, 0.25) is 0 Å². The highest BCUT2D eigenvalue weighted by Gasteiger charge is 2.27. The summed E-state index contributed by atoms with van der Waals surface area (Å²) >= 11 is 0. The van der Waals surface area contributed by atoms with E-state index in [1.807, 2.05) is 30.3 Å². The quantitative estimate of drug-likeness (QED) is 0.676. The van der Waals surface area contributed by atoms with Crippen LogP contribution in [0.5, 0.6) is 11.5 Å². The molecule has 0 saturated heterocycles. The summed E-state index contributed by atoms with van der Waals surface area (Å²) in [6.07, 6.45) is 1.66. The number of hydrogen-bond donors (Lipinski definition) is 2. The maximum absolute atomic E-state index is 12.5. The number of carbonyl (C=O) groups excluding carboxylic acids is 1. The first kappa shape index (κ1) is 14.8. The Kier molecular flexibility index (Phi) is 3.85. The molecule has 0 aromatic heterocycles. The Morgan fingerprint density at radius 2 is 1.83 bits per heavy atom. The lowest BCUT2D eigenvalue weighted by atomic mass is 10.1. The first-order chi connectivity index (χ1) is 11.0. The summed E-state index contributed by atoms with van der Waals surface area (Å²) in [7, 11) is 0. The van der Waals surface area contributed by atoms with Gasteiger partial charge in [-0.25, -0.2) is 5.01 Å². The van der Waals surface area contributed by atoms with Crippen molar-refractivity contribution in [1.82, 2.24) is 5.01 Å². The van der Waals surface area contributed by atoms with E-state index in [-0.39, 0.29) is 17.4 Å². The summed E-state index contributed by atoms with van der Waals surface area (Å²) in [6.45, 7) is 2.18. The molecule has 1 aliphatic rings. The smallest absolute Gasteiger partial charge is 0.276 e. The third-order valence-corrected chi connectivity index (χ3v) is 3.61. The van der Waals surface area contributed by atoms with Crippen molar-refractivity contribution in [2.75, 3.05) is 0 Å². The third kappa shape index (κ3) is 3.08. The largest absolute Gasteiger partial charge is 0.504 e. The highest BCUT2D eigenvalue weighted by Crippen LogP contribution is 2.27. The molecule has 2 aromatic rings. The van der Waals surface area contributed by atoms with Gasteiger partial charge in [-0.15, -0.1) is 0 Å². The van der Waals surface area contributed by atoms with Crippen molar-refractivity contribution < 1.29 is 15.0 Å². The molecular formula is C18H16N2O3. The predicted molar refractivity (Wildman–Crippen MR) is 87.8 cm³/mol. The number of benzene rings is 2. The molecule has 5 heteroatoms. The van der Waals surface area contributed by atoms with Gasteiger partial charge >= 0.3 is 0 Å². The summed E-state index contributed by atoms with van der Waals surface area (Å²) < 4.78 is 0. The zero-order valence-corrected chi connectivity index (χ0v) is 12.6. The molecule has 0 saturated carbocycles. The number of rotatable bonds is 3. The maximum Gasteiger partial charge on any atom is 0.276 e. The standard InChI is InChI=1S/C18H16N2O3/c1-12-15(9-14-7-8-16(21)17(22)10-14)18(23)20(19-12)11-13-5-3-2-4-6-13/h2-10,21-22H,11H2,1H3/b15-9+. The Bertz CT molecular complexity index is 810. The molecule has 1 heterocycles. The number of aromatic hydroxyl groups is 2. The summed E-state index contributed by atoms with van der Waals surface area (Å²) in [5.74, 6) is -0.597. The van der Waals surface area contributed by atoms with Crippen LogP contribution in [0.15, 0.2) is 59.2 Å². The number of phenols is 2. The van der Waals surface area contributed by atoms with Crippen molar-refractivity contribution in [2.24, 2.45) is 5.10 Å². The Morgan fingerprint density at radius 3 is 2.52 bits per heavy atom. The van der Waals surface area contributed by atoms with Crippen molar-refractivity contribution in [3.8, 4) is 11.5 Å². The molecular weight excluding hydrogens is 292 g/mol. The van der Waals surface area contributed by atoms with E-state index in [4.69, 9.17) is 0 Å². The van der Waals surface area contributed by atoms with Crippen molar-refractivity contribution in [1.29, 1.82) is 0 Å². The summed E-state index contributed by atoms with van der Waals surface area (Å²) in [4.78, 5) is 12.5. The Balaban J connectivity index is 1.84. The molecule has 0 radical (unpaired) electrons. The number of hydrogen-bond acceptors (Lipinski definition) is 4. The van der Waals surface area contributed by atoms with Gasteiger partial charge in [-0.2, -0.15) is 5.10 Å². The fourth-order valence-corrected chi connectivity index (χ4v) is 2.40. The molecule has 0 spiro atoms. The summed E-state index contributed by atoms with van der Waals surface area (Å²) in [5.41, 5.74) is 2.73. The second-order valence-electron chi connectivity index (χ2n) is 5.34. The van der Waals surface area contributed by atoms with Gasteiger partial charge in [-0.3, -0.25) is 4.79 Å².